The van der Waals surface area contributed by atoms with Crippen LogP contribution in [-0.4, -0.2) is 17.3 Å². The van der Waals surface area contributed by atoms with Gasteiger partial charge in [0.2, 0.25) is 0 Å². The standard InChI is InChI=1S/C11H18S.C4H6O/c1-7-4-8-10(2,12-3)9-6-11(8,9)5-7;1-4(2)3-5/h7-9H,4-6H2,1-3H3;3H,1H2,2H3. The highest BCUT2D eigenvalue weighted by molar-refractivity contribution is 8.00. The first-order valence-electron chi connectivity index (χ1n) is 6.56. The van der Waals surface area contributed by atoms with E-state index in [1.807, 2.05) is 0 Å². The fourth-order valence-electron chi connectivity index (χ4n) is 4.45. The highest BCUT2D eigenvalue weighted by Crippen LogP contribution is 2.85. The van der Waals surface area contributed by atoms with Crippen LogP contribution in [0.5, 0.6) is 0 Å². The number of carbonyl (C=O) groups excluding carboxylic acids is 1. The molecule has 1 nitrogen and oxygen atoms in total. The van der Waals surface area contributed by atoms with Gasteiger partial charge < -0.3 is 0 Å². The molecule has 0 aromatic heterocycles. The minimum atomic E-state index is 0.574. The number of carbonyl (C=O) groups is 1. The van der Waals surface area contributed by atoms with E-state index in [0.29, 0.717) is 10.3 Å². The summed E-state index contributed by atoms with van der Waals surface area (Å²) in [5.74, 6) is 3.21. The second kappa shape index (κ2) is 4.15. The molecule has 0 amide bonds. The van der Waals surface area contributed by atoms with Crippen LogP contribution in [0.3, 0.4) is 0 Å². The molecule has 3 aliphatic carbocycles. The van der Waals surface area contributed by atoms with Gasteiger partial charge in [-0.1, -0.05) is 13.5 Å². The van der Waals surface area contributed by atoms with Gasteiger partial charge in [-0.15, -0.1) is 0 Å². The largest absolute Gasteiger partial charge is 0.298 e. The zero-order valence-corrected chi connectivity index (χ0v) is 12.3. The average Bonchev–Trinajstić information content (AvgIpc) is 2.86. The summed E-state index contributed by atoms with van der Waals surface area (Å²) in [6, 6.07) is 0. The fraction of sp³-hybridized carbons (Fsp3) is 0.800. The van der Waals surface area contributed by atoms with Crippen molar-refractivity contribution in [3.63, 3.8) is 0 Å². The van der Waals surface area contributed by atoms with Crippen LogP contribution < -0.4 is 0 Å². The average molecular weight is 252 g/mol. The van der Waals surface area contributed by atoms with Gasteiger partial charge >= 0.3 is 0 Å². The molecule has 0 aliphatic heterocycles. The minimum absolute atomic E-state index is 0.574. The van der Waals surface area contributed by atoms with Crippen molar-refractivity contribution < 1.29 is 4.79 Å². The Bertz CT molecular complexity index is 351. The smallest absolute Gasteiger partial charge is 0.145 e. The fourth-order valence-corrected chi connectivity index (χ4v) is 5.67. The molecular weight excluding hydrogens is 228 g/mol. The predicted octanol–water partition coefficient (Wildman–Crippen LogP) is 3.94. The molecule has 3 rings (SSSR count). The maximum atomic E-state index is 9.41. The van der Waals surface area contributed by atoms with E-state index in [1.54, 1.807) is 19.8 Å². The Labute approximate surface area is 109 Å². The molecule has 5 atom stereocenters. The van der Waals surface area contributed by atoms with Crippen molar-refractivity contribution in [3.05, 3.63) is 12.2 Å². The molecule has 0 aromatic rings. The number of thioether (sulfide) groups is 1. The normalized spacial score (nSPS) is 49.1. The molecule has 3 aliphatic rings. The summed E-state index contributed by atoms with van der Waals surface area (Å²) in [7, 11) is 0. The Balaban J connectivity index is 0.000000188. The molecule has 0 N–H and O–H groups in total. The van der Waals surface area contributed by atoms with E-state index < -0.39 is 0 Å². The van der Waals surface area contributed by atoms with Crippen molar-refractivity contribution in [3.8, 4) is 0 Å². The van der Waals surface area contributed by atoms with E-state index in [9.17, 15) is 4.79 Å². The molecule has 96 valence electrons. The lowest BCUT2D eigenvalue weighted by Crippen LogP contribution is -2.48. The zero-order valence-electron chi connectivity index (χ0n) is 11.5. The number of hydrogen-bond donors (Lipinski definition) is 0. The summed E-state index contributed by atoms with van der Waals surface area (Å²) < 4.78 is 0.685. The number of aldehydes is 1. The van der Waals surface area contributed by atoms with Crippen molar-refractivity contribution in [1.82, 2.24) is 0 Å². The van der Waals surface area contributed by atoms with Crippen molar-refractivity contribution in [2.24, 2.45) is 23.2 Å². The molecule has 0 saturated heterocycles. The van der Waals surface area contributed by atoms with Gasteiger partial charge in [0.1, 0.15) is 6.29 Å². The Morgan fingerprint density at radius 2 is 2.00 bits per heavy atom. The molecule has 0 heterocycles. The zero-order chi connectivity index (χ0) is 12.8. The summed E-state index contributed by atoms with van der Waals surface area (Å²) in [6.45, 7) is 9.92. The van der Waals surface area contributed by atoms with Crippen LogP contribution in [0.15, 0.2) is 12.2 Å². The highest BCUT2D eigenvalue weighted by Gasteiger charge is 2.80. The van der Waals surface area contributed by atoms with Crippen LogP contribution in [0.4, 0.5) is 0 Å². The molecule has 3 saturated carbocycles. The Kier molecular flexibility index (Phi) is 3.22. The van der Waals surface area contributed by atoms with E-state index in [0.717, 1.165) is 29.5 Å². The summed E-state index contributed by atoms with van der Waals surface area (Å²) >= 11 is 2.14. The molecule has 0 aromatic carbocycles. The van der Waals surface area contributed by atoms with Crippen molar-refractivity contribution >= 4 is 18.0 Å². The summed E-state index contributed by atoms with van der Waals surface area (Å²) in [5, 5.41) is 0. The summed E-state index contributed by atoms with van der Waals surface area (Å²) in [4.78, 5) is 9.41. The Hall–Kier alpha value is -0.240. The molecule has 3 fully saturated rings. The lowest BCUT2D eigenvalue weighted by molar-refractivity contribution is -0.104. The third kappa shape index (κ3) is 1.80. The first kappa shape index (κ1) is 13.2. The molecule has 17 heavy (non-hydrogen) atoms. The molecule has 0 radical (unpaired) electrons. The first-order chi connectivity index (χ1) is 7.90. The third-order valence-electron chi connectivity index (χ3n) is 5.20. The van der Waals surface area contributed by atoms with Gasteiger partial charge in [-0.2, -0.15) is 11.8 Å². The lowest BCUT2D eigenvalue weighted by atomic mass is 9.66. The number of hydrogen-bond acceptors (Lipinski definition) is 2. The molecular formula is C15H24OS. The van der Waals surface area contributed by atoms with Crippen LogP contribution in [0, 0.1) is 23.2 Å². The number of allylic oxidation sites excluding steroid dienone is 1. The van der Waals surface area contributed by atoms with Gasteiger partial charge in [0, 0.05) is 4.75 Å². The second-order valence-electron chi connectivity index (χ2n) is 6.44. The van der Waals surface area contributed by atoms with Gasteiger partial charge in [-0.05, 0) is 68.1 Å². The highest BCUT2D eigenvalue weighted by atomic mass is 32.2. The molecule has 2 heteroatoms. The second-order valence-corrected chi connectivity index (χ2v) is 7.73. The Morgan fingerprint density at radius 1 is 1.41 bits per heavy atom. The SMILES string of the molecule is C=C(C)C=O.CSC1(C)C2CC(C)CC23CC31. The van der Waals surface area contributed by atoms with E-state index in [-0.39, 0.29) is 0 Å². The van der Waals surface area contributed by atoms with Gasteiger partial charge in [0.25, 0.3) is 0 Å². The van der Waals surface area contributed by atoms with Gasteiger partial charge in [-0.3, -0.25) is 4.79 Å². The topological polar surface area (TPSA) is 17.1 Å². The van der Waals surface area contributed by atoms with Crippen LogP contribution in [0.1, 0.15) is 40.0 Å². The Morgan fingerprint density at radius 3 is 2.47 bits per heavy atom. The molecule has 5 unspecified atom stereocenters. The van der Waals surface area contributed by atoms with Crippen LogP contribution >= 0.6 is 11.8 Å². The summed E-state index contributed by atoms with van der Waals surface area (Å²) in [5.41, 5.74) is 1.46. The van der Waals surface area contributed by atoms with E-state index in [2.05, 4.69) is 38.4 Å². The van der Waals surface area contributed by atoms with Crippen molar-refractivity contribution in [2.45, 2.75) is 44.8 Å². The van der Waals surface area contributed by atoms with Crippen LogP contribution in [0.25, 0.3) is 0 Å². The third-order valence-corrected chi connectivity index (χ3v) is 6.65. The van der Waals surface area contributed by atoms with Gasteiger partial charge in [0.05, 0.1) is 0 Å². The predicted molar refractivity (Wildman–Crippen MR) is 75.2 cm³/mol. The van der Waals surface area contributed by atoms with Crippen LogP contribution in [-0.2, 0) is 4.79 Å². The van der Waals surface area contributed by atoms with E-state index >= 15 is 0 Å². The maximum Gasteiger partial charge on any atom is 0.145 e. The maximum absolute atomic E-state index is 9.41. The quantitative estimate of drug-likeness (QED) is 0.547. The minimum Gasteiger partial charge on any atom is -0.298 e. The summed E-state index contributed by atoms with van der Waals surface area (Å²) in [6.07, 6.45) is 7.68. The lowest BCUT2D eigenvalue weighted by Gasteiger charge is -2.49. The first-order valence-corrected chi connectivity index (χ1v) is 7.79. The van der Waals surface area contributed by atoms with Crippen molar-refractivity contribution in [1.29, 1.82) is 0 Å². The molecule has 0 bridgehead atoms. The van der Waals surface area contributed by atoms with Crippen molar-refractivity contribution in [2.75, 3.05) is 6.26 Å². The van der Waals surface area contributed by atoms with E-state index in [1.165, 1.54) is 6.42 Å². The number of rotatable bonds is 2. The van der Waals surface area contributed by atoms with Gasteiger partial charge in [0.15, 0.2) is 0 Å². The monoisotopic (exact) mass is 252 g/mol. The van der Waals surface area contributed by atoms with Gasteiger partial charge in [-0.25, -0.2) is 0 Å². The van der Waals surface area contributed by atoms with E-state index in [4.69, 9.17) is 0 Å². The van der Waals surface area contributed by atoms with Crippen LogP contribution in [0.2, 0.25) is 0 Å². The molecule has 1 spiro atoms.